The van der Waals surface area contributed by atoms with Gasteiger partial charge in [0.25, 0.3) is 5.79 Å². The van der Waals surface area contributed by atoms with Crippen molar-refractivity contribution in [2.45, 2.75) is 64.8 Å². The Balaban J connectivity index is 3.44. The average molecular weight is 390 g/mol. The summed E-state index contributed by atoms with van der Waals surface area (Å²) < 4.78 is 25.3. The molecule has 5 unspecified atom stereocenters. The Bertz CT molecular complexity index is 628. The van der Waals surface area contributed by atoms with Crippen molar-refractivity contribution < 1.29 is 52.8 Å². The molecule has 1 aliphatic rings. The van der Waals surface area contributed by atoms with Crippen LogP contribution in [0.15, 0.2) is 0 Å². The van der Waals surface area contributed by atoms with Crippen LogP contribution < -0.4 is 0 Å². The highest BCUT2D eigenvalue weighted by atomic mass is 16.8. The van der Waals surface area contributed by atoms with Crippen molar-refractivity contribution in [1.29, 1.82) is 0 Å². The van der Waals surface area contributed by atoms with E-state index in [1.165, 1.54) is 0 Å². The van der Waals surface area contributed by atoms with E-state index in [2.05, 4.69) is 0 Å². The molecule has 0 aromatic heterocycles. The molecule has 0 amide bonds. The monoisotopic (exact) mass is 390 g/mol. The lowest BCUT2D eigenvalue weighted by atomic mass is 9.90. The molecule has 1 aliphatic heterocycles. The van der Waals surface area contributed by atoms with Gasteiger partial charge in [-0.1, -0.05) is 0 Å². The molecule has 0 saturated carbocycles. The largest absolute Gasteiger partial charge is 0.459 e. The summed E-state index contributed by atoms with van der Waals surface area (Å²) in [6.45, 7) is 4.42. The van der Waals surface area contributed by atoms with Crippen LogP contribution in [0.3, 0.4) is 0 Å². The summed E-state index contributed by atoms with van der Waals surface area (Å²) in [7, 11) is 0. The first-order chi connectivity index (χ1) is 12.4. The summed E-state index contributed by atoms with van der Waals surface area (Å²) in [4.78, 5) is 57.7. The fraction of sp³-hybridized carbons (Fsp3) is 0.688. The Morgan fingerprint density at radius 3 is 1.78 bits per heavy atom. The quantitative estimate of drug-likeness (QED) is 0.440. The minimum absolute atomic E-state index is 0.676. The Morgan fingerprint density at radius 1 is 0.852 bits per heavy atom. The van der Waals surface area contributed by atoms with Crippen molar-refractivity contribution in [3.05, 3.63) is 0 Å². The summed E-state index contributed by atoms with van der Waals surface area (Å²) >= 11 is 0. The second kappa shape index (κ2) is 8.91. The Morgan fingerprint density at radius 2 is 1.37 bits per heavy atom. The molecule has 0 bridgehead atoms. The molecule has 1 heterocycles. The van der Waals surface area contributed by atoms with Crippen molar-refractivity contribution >= 4 is 29.7 Å². The van der Waals surface area contributed by atoms with Gasteiger partial charge in [0.1, 0.15) is 0 Å². The number of aliphatic hydroxyl groups is 1. The predicted octanol–water partition coefficient (Wildman–Crippen LogP) is -0.979. The third-order valence-electron chi connectivity index (χ3n) is 3.51. The van der Waals surface area contributed by atoms with E-state index < -0.39 is 66.5 Å². The number of carbonyl (C=O) groups is 5. The molecule has 11 heteroatoms. The second-order valence-corrected chi connectivity index (χ2v) is 5.93. The number of aliphatic hydroxyl groups excluding tert-OH is 1. The number of carbonyl (C=O) groups excluding carboxylic acids is 5. The van der Waals surface area contributed by atoms with Crippen LogP contribution in [-0.2, 0) is 47.7 Å². The van der Waals surface area contributed by atoms with Crippen LogP contribution in [-0.4, -0.2) is 71.6 Å². The molecule has 152 valence electrons. The zero-order valence-electron chi connectivity index (χ0n) is 15.5. The molecule has 1 N–H and O–H groups in total. The Kier molecular flexibility index (Phi) is 7.43. The fourth-order valence-electron chi connectivity index (χ4n) is 2.59. The van der Waals surface area contributed by atoms with Gasteiger partial charge in [0.05, 0.1) is 0 Å². The van der Waals surface area contributed by atoms with Gasteiger partial charge >= 0.3 is 23.9 Å². The number of rotatable bonds is 6. The molecule has 11 nitrogen and oxygen atoms in total. The van der Waals surface area contributed by atoms with E-state index in [0.717, 1.165) is 34.6 Å². The lowest BCUT2D eigenvalue weighted by Gasteiger charge is -2.48. The maximum Gasteiger partial charge on any atom is 0.305 e. The molecular formula is C16H22O11. The SMILES string of the molecule is CC(=O)OCC1(OC(C)=O)OC(C(C)=O)C(OC(C)=O)C(OC(C)=O)C1O. The summed E-state index contributed by atoms with van der Waals surface area (Å²) in [6.07, 6.45) is -6.66. The van der Waals surface area contributed by atoms with Crippen LogP contribution in [0.2, 0.25) is 0 Å². The van der Waals surface area contributed by atoms with Crippen molar-refractivity contribution in [2.75, 3.05) is 6.61 Å². The number of esters is 4. The first kappa shape index (κ1) is 22.5. The smallest absolute Gasteiger partial charge is 0.305 e. The second-order valence-electron chi connectivity index (χ2n) is 5.93. The van der Waals surface area contributed by atoms with Crippen molar-refractivity contribution in [2.24, 2.45) is 0 Å². The van der Waals surface area contributed by atoms with Crippen LogP contribution in [0.1, 0.15) is 34.6 Å². The highest BCUT2D eigenvalue weighted by Gasteiger charge is 2.61. The van der Waals surface area contributed by atoms with E-state index in [9.17, 15) is 29.1 Å². The zero-order valence-corrected chi connectivity index (χ0v) is 15.5. The van der Waals surface area contributed by atoms with Gasteiger partial charge in [0.15, 0.2) is 36.8 Å². The number of ether oxygens (including phenoxy) is 5. The molecule has 0 aliphatic carbocycles. The molecular weight excluding hydrogens is 368 g/mol. The molecule has 0 aromatic carbocycles. The molecule has 0 aromatic rings. The molecule has 0 spiro atoms. The van der Waals surface area contributed by atoms with Gasteiger partial charge in [-0.2, -0.15) is 0 Å². The van der Waals surface area contributed by atoms with E-state index in [4.69, 9.17) is 23.7 Å². The minimum Gasteiger partial charge on any atom is -0.459 e. The molecule has 1 rings (SSSR count). The van der Waals surface area contributed by atoms with E-state index in [1.807, 2.05) is 0 Å². The van der Waals surface area contributed by atoms with Crippen molar-refractivity contribution in [3.8, 4) is 0 Å². The molecule has 27 heavy (non-hydrogen) atoms. The Hall–Kier alpha value is -2.53. The van der Waals surface area contributed by atoms with Crippen molar-refractivity contribution in [1.82, 2.24) is 0 Å². The van der Waals surface area contributed by atoms with E-state index in [0.29, 0.717) is 0 Å². The summed E-state index contributed by atoms with van der Waals surface area (Å²) in [5.74, 6) is -6.46. The van der Waals surface area contributed by atoms with Gasteiger partial charge in [0.2, 0.25) is 0 Å². The number of hydrogen-bond acceptors (Lipinski definition) is 11. The first-order valence-corrected chi connectivity index (χ1v) is 7.93. The van der Waals surface area contributed by atoms with Crippen LogP contribution >= 0.6 is 0 Å². The van der Waals surface area contributed by atoms with E-state index in [-0.39, 0.29) is 0 Å². The van der Waals surface area contributed by atoms with Gasteiger partial charge in [-0.3, -0.25) is 24.0 Å². The topological polar surface area (TPSA) is 152 Å². The van der Waals surface area contributed by atoms with Gasteiger partial charge in [-0.25, -0.2) is 0 Å². The number of ketones is 1. The lowest BCUT2D eigenvalue weighted by Crippen LogP contribution is -2.70. The van der Waals surface area contributed by atoms with Gasteiger partial charge < -0.3 is 28.8 Å². The predicted molar refractivity (Wildman–Crippen MR) is 83.8 cm³/mol. The standard InChI is InChI=1S/C16H22O11/c1-7(17)12-13(24-9(3)19)14(25-10(4)20)15(22)16(27-12,26-11(5)21)6-23-8(2)18/h12-15,22H,6H2,1-5H3. The number of hydrogen-bond donors (Lipinski definition) is 1. The highest BCUT2D eigenvalue weighted by Crippen LogP contribution is 2.35. The number of Topliss-reactive ketones (excluding diaryl/α,β-unsaturated/α-hetero) is 1. The van der Waals surface area contributed by atoms with Gasteiger partial charge in [-0.15, -0.1) is 0 Å². The fourth-order valence-corrected chi connectivity index (χ4v) is 2.59. The maximum absolute atomic E-state index is 12.1. The normalized spacial score (nSPS) is 30.0. The van der Waals surface area contributed by atoms with Crippen LogP contribution in [0.4, 0.5) is 0 Å². The highest BCUT2D eigenvalue weighted by molar-refractivity contribution is 5.82. The first-order valence-electron chi connectivity index (χ1n) is 7.93. The Labute approximate surface area is 154 Å². The summed E-state index contributed by atoms with van der Waals surface area (Å²) in [6, 6.07) is 0. The third kappa shape index (κ3) is 5.73. The van der Waals surface area contributed by atoms with E-state index in [1.54, 1.807) is 0 Å². The van der Waals surface area contributed by atoms with E-state index >= 15 is 0 Å². The summed E-state index contributed by atoms with van der Waals surface area (Å²) in [5, 5.41) is 10.7. The minimum atomic E-state index is -2.36. The third-order valence-corrected chi connectivity index (χ3v) is 3.51. The molecule has 5 atom stereocenters. The zero-order chi connectivity index (χ0) is 20.9. The van der Waals surface area contributed by atoms with Crippen molar-refractivity contribution in [3.63, 3.8) is 0 Å². The van der Waals surface area contributed by atoms with Crippen LogP contribution in [0.5, 0.6) is 0 Å². The average Bonchev–Trinajstić information content (AvgIpc) is 2.50. The summed E-state index contributed by atoms with van der Waals surface area (Å²) in [5.41, 5.74) is 0. The van der Waals surface area contributed by atoms with Crippen LogP contribution in [0, 0.1) is 0 Å². The molecule has 1 fully saturated rings. The lowest BCUT2D eigenvalue weighted by molar-refractivity contribution is -0.351. The van der Waals surface area contributed by atoms with Gasteiger partial charge in [0, 0.05) is 27.7 Å². The van der Waals surface area contributed by atoms with Gasteiger partial charge in [-0.05, 0) is 6.92 Å². The maximum atomic E-state index is 12.1. The molecule has 1 saturated heterocycles. The molecule has 0 radical (unpaired) electrons. The van der Waals surface area contributed by atoms with Crippen LogP contribution in [0.25, 0.3) is 0 Å².